The van der Waals surface area contributed by atoms with Crippen molar-refractivity contribution >= 4 is 17.3 Å². The first-order valence-corrected chi connectivity index (χ1v) is 7.88. The van der Waals surface area contributed by atoms with E-state index < -0.39 is 5.97 Å². The van der Waals surface area contributed by atoms with Crippen LogP contribution in [-0.4, -0.2) is 16.1 Å². The zero-order valence-corrected chi connectivity index (χ0v) is 12.7. The lowest BCUT2D eigenvalue weighted by Gasteiger charge is -2.03. The Morgan fingerprint density at radius 1 is 1.00 bits per heavy atom. The number of hydrogen-bond donors (Lipinski definition) is 1. The summed E-state index contributed by atoms with van der Waals surface area (Å²) >= 11 is 1.39. The molecule has 0 unspecified atom stereocenters. The van der Waals surface area contributed by atoms with Gasteiger partial charge in [0.2, 0.25) is 0 Å². The van der Waals surface area contributed by atoms with Crippen molar-refractivity contribution < 1.29 is 9.90 Å². The van der Waals surface area contributed by atoms with Gasteiger partial charge in [-0.3, -0.25) is 4.79 Å². The Morgan fingerprint density at radius 3 is 2.36 bits per heavy atom. The van der Waals surface area contributed by atoms with Crippen LogP contribution < -0.4 is 0 Å². The Labute approximate surface area is 132 Å². The molecule has 3 nitrogen and oxygen atoms in total. The maximum atomic E-state index is 10.7. The number of carboxylic acids is 1. The van der Waals surface area contributed by atoms with Crippen LogP contribution >= 0.6 is 11.3 Å². The summed E-state index contributed by atoms with van der Waals surface area (Å²) in [5.41, 5.74) is 4.39. The Kier molecular flexibility index (Phi) is 4.30. The summed E-state index contributed by atoms with van der Waals surface area (Å²) in [5.74, 6) is -0.848. The average Bonchev–Trinajstić information content (AvgIpc) is 2.97. The van der Waals surface area contributed by atoms with Crippen molar-refractivity contribution in [2.24, 2.45) is 0 Å². The van der Waals surface area contributed by atoms with Gasteiger partial charge in [0.05, 0.1) is 12.1 Å². The van der Waals surface area contributed by atoms with Gasteiger partial charge in [-0.25, -0.2) is 4.98 Å². The van der Waals surface area contributed by atoms with E-state index in [2.05, 4.69) is 29.2 Å². The molecule has 1 aromatic heterocycles. The number of thiazole rings is 1. The van der Waals surface area contributed by atoms with Crippen molar-refractivity contribution in [2.75, 3.05) is 0 Å². The molecule has 110 valence electrons. The smallest absolute Gasteiger partial charge is 0.310 e. The van der Waals surface area contributed by atoms with Crippen LogP contribution in [0, 0.1) is 0 Å². The van der Waals surface area contributed by atoms with Crippen LogP contribution in [-0.2, 0) is 17.6 Å². The third-order valence-corrected chi connectivity index (χ3v) is 4.20. The lowest BCUT2D eigenvalue weighted by Crippen LogP contribution is -1.99. The third-order valence-electron chi connectivity index (χ3n) is 3.35. The van der Waals surface area contributed by atoms with Crippen molar-refractivity contribution in [3.05, 3.63) is 76.1 Å². The molecule has 0 saturated heterocycles. The van der Waals surface area contributed by atoms with Gasteiger partial charge in [-0.05, 0) is 17.5 Å². The predicted molar refractivity (Wildman–Crippen MR) is 88.1 cm³/mol. The van der Waals surface area contributed by atoms with E-state index in [0.29, 0.717) is 5.01 Å². The average molecular weight is 309 g/mol. The Balaban J connectivity index is 1.73. The molecule has 4 heteroatoms. The van der Waals surface area contributed by atoms with Crippen LogP contribution in [0.15, 0.2) is 60.0 Å². The van der Waals surface area contributed by atoms with Crippen molar-refractivity contribution in [2.45, 2.75) is 12.8 Å². The second-order valence-corrected chi connectivity index (χ2v) is 6.00. The van der Waals surface area contributed by atoms with Gasteiger partial charge in [0.15, 0.2) is 0 Å². The minimum Gasteiger partial charge on any atom is -0.481 e. The van der Waals surface area contributed by atoms with E-state index in [4.69, 9.17) is 5.11 Å². The first-order chi connectivity index (χ1) is 10.7. The zero-order valence-electron chi connectivity index (χ0n) is 11.9. The second kappa shape index (κ2) is 6.54. The van der Waals surface area contributed by atoms with Gasteiger partial charge in [-0.2, -0.15) is 0 Å². The lowest BCUT2D eigenvalue weighted by atomic mass is 10.0. The van der Waals surface area contributed by atoms with E-state index >= 15 is 0 Å². The molecule has 0 spiro atoms. The molecule has 1 N–H and O–H groups in total. The molecule has 1 heterocycles. The van der Waals surface area contributed by atoms with Crippen LogP contribution in [0.1, 0.15) is 16.1 Å². The molecular weight excluding hydrogens is 294 g/mol. The number of carboxylic acid groups (broad SMARTS) is 1. The highest BCUT2D eigenvalue weighted by Crippen LogP contribution is 2.23. The minimum absolute atomic E-state index is 0.0171. The summed E-state index contributed by atoms with van der Waals surface area (Å²) < 4.78 is 0. The predicted octanol–water partition coefficient (Wildman–Crippen LogP) is 4.03. The molecule has 0 radical (unpaired) electrons. The molecule has 0 atom stereocenters. The van der Waals surface area contributed by atoms with Crippen LogP contribution in [0.2, 0.25) is 0 Å². The van der Waals surface area contributed by atoms with Gasteiger partial charge in [-0.15, -0.1) is 11.3 Å². The Hall–Kier alpha value is -2.46. The fraction of sp³-hybridized carbons (Fsp3) is 0.111. The second-order valence-electron chi connectivity index (χ2n) is 5.06. The molecule has 0 bridgehead atoms. The highest BCUT2D eigenvalue weighted by molar-refractivity contribution is 7.10. The summed E-state index contributed by atoms with van der Waals surface area (Å²) in [6, 6.07) is 18.6. The van der Waals surface area contributed by atoms with E-state index in [1.165, 1.54) is 22.5 Å². The minimum atomic E-state index is -0.848. The van der Waals surface area contributed by atoms with Crippen LogP contribution in [0.4, 0.5) is 0 Å². The van der Waals surface area contributed by atoms with E-state index in [1.54, 1.807) is 0 Å². The lowest BCUT2D eigenvalue weighted by molar-refractivity contribution is -0.136. The number of benzene rings is 2. The highest BCUT2D eigenvalue weighted by Gasteiger charge is 2.08. The van der Waals surface area contributed by atoms with E-state index in [1.807, 2.05) is 35.7 Å². The molecule has 0 aliphatic heterocycles. The summed E-state index contributed by atoms with van der Waals surface area (Å²) in [5, 5.41) is 11.3. The molecule has 0 aliphatic rings. The quantitative estimate of drug-likeness (QED) is 0.774. The number of rotatable bonds is 5. The first kappa shape index (κ1) is 14.5. The monoisotopic (exact) mass is 309 g/mol. The Bertz CT molecular complexity index is 763. The molecule has 0 fully saturated rings. The molecule has 2 aromatic carbocycles. The van der Waals surface area contributed by atoms with E-state index in [-0.39, 0.29) is 6.42 Å². The topological polar surface area (TPSA) is 50.2 Å². The number of carbonyl (C=O) groups is 1. The highest BCUT2D eigenvalue weighted by atomic mass is 32.1. The summed E-state index contributed by atoms with van der Waals surface area (Å²) in [6.07, 6.45) is 0.888. The SMILES string of the molecule is O=C(O)Cc1nc(-c2ccc(Cc3ccccc3)cc2)cs1. The van der Waals surface area contributed by atoms with E-state index in [9.17, 15) is 4.79 Å². The maximum absolute atomic E-state index is 10.7. The van der Waals surface area contributed by atoms with Gasteiger partial charge in [0, 0.05) is 10.9 Å². The summed E-state index contributed by atoms with van der Waals surface area (Å²) in [7, 11) is 0. The number of aliphatic carboxylic acids is 1. The molecule has 0 aliphatic carbocycles. The summed E-state index contributed by atoms with van der Waals surface area (Å²) in [6.45, 7) is 0. The molecule has 3 rings (SSSR count). The molecule has 22 heavy (non-hydrogen) atoms. The van der Waals surface area contributed by atoms with Gasteiger partial charge < -0.3 is 5.11 Å². The van der Waals surface area contributed by atoms with Gasteiger partial charge >= 0.3 is 5.97 Å². The van der Waals surface area contributed by atoms with Crippen molar-refractivity contribution in [1.29, 1.82) is 0 Å². The molecule has 3 aromatic rings. The number of nitrogens with zero attached hydrogens (tertiary/aromatic N) is 1. The fourth-order valence-corrected chi connectivity index (χ4v) is 3.07. The van der Waals surface area contributed by atoms with Gasteiger partial charge in [0.1, 0.15) is 5.01 Å². The number of aromatic nitrogens is 1. The van der Waals surface area contributed by atoms with Gasteiger partial charge in [0.25, 0.3) is 0 Å². The van der Waals surface area contributed by atoms with Crippen LogP contribution in [0.3, 0.4) is 0 Å². The zero-order chi connectivity index (χ0) is 15.4. The third kappa shape index (κ3) is 3.59. The molecule has 0 amide bonds. The number of hydrogen-bond acceptors (Lipinski definition) is 3. The van der Waals surface area contributed by atoms with E-state index in [0.717, 1.165) is 17.7 Å². The molecule has 0 saturated carbocycles. The maximum Gasteiger partial charge on any atom is 0.310 e. The standard InChI is InChI=1S/C18H15NO2S/c20-18(21)11-17-19-16(12-22-17)15-8-6-14(7-9-15)10-13-4-2-1-3-5-13/h1-9,12H,10-11H2,(H,20,21). The molecular formula is C18H15NO2S. The van der Waals surface area contributed by atoms with Gasteiger partial charge in [-0.1, -0.05) is 54.6 Å². The van der Waals surface area contributed by atoms with Crippen LogP contribution in [0.5, 0.6) is 0 Å². The summed E-state index contributed by atoms with van der Waals surface area (Å²) in [4.78, 5) is 15.1. The fourth-order valence-electron chi connectivity index (χ4n) is 2.28. The van der Waals surface area contributed by atoms with Crippen molar-refractivity contribution in [3.63, 3.8) is 0 Å². The van der Waals surface area contributed by atoms with Crippen LogP contribution in [0.25, 0.3) is 11.3 Å². The van der Waals surface area contributed by atoms with Crippen molar-refractivity contribution in [1.82, 2.24) is 4.98 Å². The first-order valence-electron chi connectivity index (χ1n) is 7.00. The Morgan fingerprint density at radius 2 is 1.68 bits per heavy atom. The van der Waals surface area contributed by atoms with Crippen molar-refractivity contribution in [3.8, 4) is 11.3 Å². The largest absolute Gasteiger partial charge is 0.481 e. The normalized spacial score (nSPS) is 10.5.